The molecule has 202 valence electrons. The van der Waals surface area contributed by atoms with Crippen LogP contribution in [0.1, 0.15) is 28.0 Å². The van der Waals surface area contributed by atoms with Gasteiger partial charge in [-0.3, -0.25) is 14.5 Å². The molecule has 0 saturated carbocycles. The number of pyridine rings is 1. The van der Waals surface area contributed by atoms with Crippen LogP contribution in [0.4, 0.5) is 26.3 Å². The summed E-state index contributed by atoms with van der Waals surface area (Å²) in [6, 6.07) is 5.99. The summed E-state index contributed by atoms with van der Waals surface area (Å²) in [5.74, 6) is -0.171. The zero-order valence-corrected chi connectivity index (χ0v) is 19.4. The van der Waals surface area contributed by atoms with E-state index in [4.69, 9.17) is 18.9 Å². The third-order valence-corrected chi connectivity index (χ3v) is 6.07. The lowest BCUT2D eigenvalue weighted by Gasteiger charge is -2.41. The molecule has 0 radical (unpaired) electrons. The molecule has 2 atom stereocenters. The summed E-state index contributed by atoms with van der Waals surface area (Å²) in [5.41, 5.74) is -1.81. The van der Waals surface area contributed by atoms with Crippen molar-refractivity contribution in [1.29, 1.82) is 0 Å². The van der Waals surface area contributed by atoms with Crippen molar-refractivity contribution in [2.45, 2.75) is 30.7 Å². The van der Waals surface area contributed by atoms with Crippen LogP contribution in [0.25, 0.3) is 0 Å². The average Bonchev–Trinajstić information content (AvgIpc) is 3.29. The van der Waals surface area contributed by atoms with Crippen molar-refractivity contribution in [2.24, 2.45) is 0 Å². The van der Waals surface area contributed by atoms with Gasteiger partial charge >= 0.3 is 12.5 Å². The first-order valence-corrected chi connectivity index (χ1v) is 11.0. The number of hydrogen-bond acceptors (Lipinski definition) is 7. The highest BCUT2D eigenvalue weighted by atomic mass is 19.4. The Morgan fingerprint density at radius 2 is 1.92 bits per heavy atom. The van der Waals surface area contributed by atoms with E-state index >= 15 is 0 Å². The van der Waals surface area contributed by atoms with E-state index in [0.717, 1.165) is 18.3 Å². The minimum absolute atomic E-state index is 0.0338. The molecular formula is C23H22F6N2O6. The Balaban J connectivity index is 1.46. The summed E-state index contributed by atoms with van der Waals surface area (Å²) in [4.78, 5) is 18.8. The standard InChI is InChI=1S/C23H22F6N2O6/c1-33-17-10-14(2-3-16(17)34-8-9-36-23(27,28)29)20(32)31-7-5-21(19(12-31)35-13-37-21)18-11-15(4-6-30-18)22(24,25)26/h2-4,6,10-11,19H,5,7-9,12-13H2,1H3. The number of nitrogens with zero attached hydrogens (tertiary/aromatic N) is 2. The zero-order chi connectivity index (χ0) is 26.8. The van der Waals surface area contributed by atoms with Crippen LogP contribution in [0.3, 0.4) is 0 Å². The van der Waals surface area contributed by atoms with Crippen molar-refractivity contribution in [3.8, 4) is 11.5 Å². The average molecular weight is 536 g/mol. The maximum absolute atomic E-state index is 13.2. The van der Waals surface area contributed by atoms with Gasteiger partial charge < -0.3 is 23.8 Å². The van der Waals surface area contributed by atoms with Gasteiger partial charge in [0.05, 0.1) is 31.5 Å². The van der Waals surface area contributed by atoms with Crippen molar-refractivity contribution in [1.82, 2.24) is 9.88 Å². The molecule has 2 aromatic rings. The minimum Gasteiger partial charge on any atom is -0.493 e. The van der Waals surface area contributed by atoms with E-state index in [1.165, 1.54) is 30.2 Å². The molecule has 1 aromatic heterocycles. The normalized spacial score (nSPS) is 22.0. The fourth-order valence-electron chi connectivity index (χ4n) is 4.28. The van der Waals surface area contributed by atoms with Crippen molar-refractivity contribution in [3.63, 3.8) is 0 Å². The van der Waals surface area contributed by atoms with E-state index in [1.807, 2.05) is 0 Å². The lowest BCUT2D eigenvalue weighted by Crippen LogP contribution is -2.54. The molecule has 3 heterocycles. The van der Waals surface area contributed by atoms with Crippen molar-refractivity contribution in [3.05, 3.63) is 53.3 Å². The van der Waals surface area contributed by atoms with Crippen LogP contribution in [-0.4, -0.2) is 68.5 Å². The number of ether oxygens (including phenoxy) is 5. The molecule has 8 nitrogen and oxygen atoms in total. The smallest absolute Gasteiger partial charge is 0.493 e. The van der Waals surface area contributed by atoms with Crippen LogP contribution in [0.2, 0.25) is 0 Å². The molecule has 2 aliphatic heterocycles. The number of carbonyl (C=O) groups is 1. The topological polar surface area (TPSA) is 79.4 Å². The first-order valence-electron chi connectivity index (χ1n) is 11.0. The number of halogens is 6. The van der Waals surface area contributed by atoms with Gasteiger partial charge in [0.1, 0.15) is 25.1 Å². The number of amides is 1. The highest BCUT2D eigenvalue weighted by Gasteiger charge is 2.52. The van der Waals surface area contributed by atoms with Crippen LogP contribution in [0.15, 0.2) is 36.5 Å². The Kier molecular flexibility index (Phi) is 7.53. The highest BCUT2D eigenvalue weighted by molar-refractivity contribution is 5.95. The molecule has 4 rings (SSSR count). The number of methoxy groups -OCH3 is 1. The van der Waals surface area contributed by atoms with Crippen molar-refractivity contribution < 1.29 is 54.8 Å². The maximum atomic E-state index is 13.2. The number of hydrogen-bond donors (Lipinski definition) is 0. The molecular weight excluding hydrogens is 514 g/mol. The second-order valence-electron chi connectivity index (χ2n) is 8.24. The van der Waals surface area contributed by atoms with Gasteiger partial charge in [0.2, 0.25) is 0 Å². The van der Waals surface area contributed by atoms with Gasteiger partial charge in [-0.1, -0.05) is 0 Å². The third kappa shape index (κ3) is 5.91. The lowest BCUT2D eigenvalue weighted by molar-refractivity contribution is -0.325. The lowest BCUT2D eigenvalue weighted by atomic mass is 9.84. The monoisotopic (exact) mass is 536 g/mol. The fourth-order valence-corrected chi connectivity index (χ4v) is 4.28. The predicted octanol–water partition coefficient (Wildman–Crippen LogP) is 4.14. The van der Waals surface area contributed by atoms with Gasteiger partial charge in [0.15, 0.2) is 11.5 Å². The van der Waals surface area contributed by atoms with Gasteiger partial charge in [-0.15, -0.1) is 13.2 Å². The number of aromatic nitrogens is 1. The Morgan fingerprint density at radius 1 is 1.14 bits per heavy atom. The number of rotatable bonds is 7. The van der Waals surface area contributed by atoms with E-state index in [0.29, 0.717) is 0 Å². The summed E-state index contributed by atoms with van der Waals surface area (Å²) < 4.78 is 101. The first-order chi connectivity index (χ1) is 17.4. The predicted molar refractivity (Wildman–Crippen MR) is 113 cm³/mol. The summed E-state index contributed by atoms with van der Waals surface area (Å²) in [6.45, 7) is -1.12. The van der Waals surface area contributed by atoms with Gasteiger partial charge in [0.25, 0.3) is 5.91 Å². The molecule has 0 N–H and O–H groups in total. The molecule has 0 aliphatic carbocycles. The SMILES string of the molecule is COc1cc(C(=O)N2CCC3(c4cc(C(F)(F)F)ccn4)OCOC3C2)ccc1OCCOC(F)(F)F. The molecule has 1 amide bonds. The van der Waals surface area contributed by atoms with E-state index in [9.17, 15) is 31.1 Å². The third-order valence-electron chi connectivity index (χ3n) is 6.07. The quantitative estimate of drug-likeness (QED) is 0.389. The molecule has 37 heavy (non-hydrogen) atoms. The Labute approximate surface area is 207 Å². The molecule has 2 aliphatic rings. The Morgan fingerprint density at radius 3 is 2.62 bits per heavy atom. The van der Waals surface area contributed by atoms with E-state index in [1.54, 1.807) is 0 Å². The van der Waals surface area contributed by atoms with Gasteiger partial charge in [-0.05, 0) is 30.3 Å². The van der Waals surface area contributed by atoms with Gasteiger partial charge in [-0.2, -0.15) is 13.2 Å². The second-order valence-corrected chi connectivity index (χ2v) is 8.24. The Bertz CT molecular complexity index is 1130. The number of fused-ring (bicyclic) bond motifs is 1. The van der Waals surface area contributed by atoms with E-state index < -0.39 is 48.9 Å². The van der Waals surface area contributed by atoms with Crippen LogP contribution < -0.4 is 9.47 Å². The number of likely N-dealkylation sites (tertiary alicyclic amines) is 1. The van der Waals surface area contributed by atoms with Crippen LogP contribution in [0.5, 0.6) is 11.5 Å². The summed E-state index contributed by atoms with van der Waals surface area (Å²) in [6.07, 6.45) is -8.87. The molecule has 1 aromatic carbocycles. The van der Waals surface area contributed by atoms with E-state index in [-0.39, 0.29) is 49.1 Å². The molecule has 2 saturated heterocycles. The second kappa shape index (κ2) is 10.3. The van der Waals surface area contributed by atoms with Crippen molar-refractivity contribution >= 4 is 5.91 Å². The molecule has 2 unspecified atom stereocenters. The maximum Gasteiger partial charge on any atom is 0.522 e. The number of benzene rings is 1. The number of alkyl halides is 6. The largest absolute Gasteiger partial charge is 0.522 e. The molecule has 2 fully saturated rings. The highest BCUT2D eigenvalue weighted by Crippen LogP contribution is 2.43. The molecule has 14 heteroatoms. The fraction of sp³-hybridized carbons (Fsp3) is 0.478. The number of piperidine rings is 1. The summed E-state index contributed by atoms with van der Waals surface area (Å²) >= 11 is 0. The van der Waals surface area contributed by atoms with Gasteiger partial charge in [-0.25, -0.2) is 0 Å². The zero-order valence-electron chi connectivity index (χ0n) is 19.4. The van der Waals surface area contributed by atoms with Crippen LogP contribution in [0, 0.1) is 0 Å². The minimum atomic E-state index is -4.78. The van der Waals surface area contributed by atoms with Gasteiger partial charge in [0, 0.05) is 24.7 Å². The Hall–Kier alpha value is -3.10. The van der Waals surface area contributed by atoms with Crippen molar-refractivity contribution in [2.75, 3.05) is 40.2 Å². The van der Waals surface area contributed by atoms with E-state index in [2.05, 4.69) is 9.72 Å². The number of carbonyl (C=O) groups excluding carboxylic acids is 1. The summed E-state index contributed by atoms with van der Waals surface area (Å²) in [7, 11) is 1.31. The van der Waals surface area contributed by atoms with Crippen LogP contribution in [-0.2, 0) is 26.0 Å². The summed E-state index contributed by atoms with van der Waals surface area (Å²) in [5, 5.41) is 0. The first kappa shape index (κ1) is 26.9. The molecule has 0 spiro atoms. The molecule has 0 bridgehead atoms. The van der Waals surface area contributed by atoms with Crippen LogP contribution >= 0.6 is 0 Å².